The lowest BCUT2D eigenvalue weighted by Crippen LogP contribution is -2.14. The fourth-order valence-corrected chi connectivity index (χ4v) is 3.15. The summed E-state index contributed by atoms with van der Waals surface area (Å²) < 4.78 is 0. The first-order chi connectivity index (χ1) is 12.3. The Morgan fingerprint density at radius 1 is 0.840 bits per heavy atom. The van der Waals surface area contributed by atoms with Crippen LogP contribution in [0.5, 0.6) is 0 Å². The minimum Gasteiger partial charge on any atom is -0.308 e. The van der Waals surface area contributed by atoms with Gasteiger partial charge in [0, 0.05) is 30.4 Å². The molecule has 0 aliphatic rings. The molecule has 0 aliphatic carbocycles. The van der Waals surface area contributed by atoms with E-state index in [2.05, 4.69) is 59.7 Å². The second-order valence-corrected chi connectivity index (χ2v) is 6.52. The van der Waals surface area contributed by atoms with Crippen LogP contribution in [0.3, 0.4) is 0 Å². The molecular formula is C22H23ClN2. The number of pyridine rings is 1. The lowest BCUT2D eigenvalue weighted by molar-refractivity contribution is 0.684. The molecule has 0 aliphatic heterocycles. The standard InChI is InChI=1S/C22H23ClN2/c1-2-8-17-11-6-7-12-19(17)14-24-15-21-13-20(16-25-22(21)23)18-9-4-3-5-10-18/h3-7,9-13,16,24H,2,8,14-15H2,1H3. The molecule has 1 N–H and O–H groups in total. The maximum absolute atomic E-state index is 6.30. The van der Waals surface area contributed by atoms with Gasteiger partial charge in [-0.2, -0.15) is 0 Å². The highest BCUT2D eigenvalue weighted by Gasteiger charge is 2.06. The molecule has 3 heteroatoms. The summed E-state index contributed by atoms with van der Waals surface area (Å²) in [5.74, 6) is 0. The van der Waals surface area contributed by atoms with Gasteiger partial charge < -0.3 is 5.32 Å². The van der Waals surface area contributed by atoms with Gasteiger partial charge in [0.2, 0.25) is 0 Å². The number of nitrogens with one attached hydrogen (secondary N) is 1. The zero-order chi connectivity index (χ0) is 17.5. The van der Waals surface area contributed by atoms with Crippen molar-refractivity contribution < 1.29 is 0 Å². The maximum Gasteiger partial charge on any atom is 0.133 e. The summed E-state index contributed by atoms with van der Waals surface area (Å²) >= 11 is 6.30. The third-order valence-electron chi connectivity index (χ3n) is 4.29. The van der Waals surface area contributed by atoms with Crippen molar-refractivity contribution in [1.82, 2.24) is 10.3 Å². The first kappa shape index (κ1) is 17.7. The fourth-order valence-electron chi connectivity index (χ4n) is 2.98. The Bertz CT molecular complexity index is 815. The van der Waals surface area contributed by atoms with E-state index in [1.165, 1.54) is 11.1 Å². The maximum atomic E-state index is 6.30. The SMILES string of the molecule is CCCc1ccccc1CNCc1cc(-c2ccccc2)cnc1Cl. The molecule has 2 nitrogen and oxygen atoms in total. The molecule has 3 rings (SSSR count). The average molecular weight is 351 g/mol. The number of aromatic nitrogens is 1. The lowest BCUT2D eigenvalue weighted by Gasteiger charge is -2.11. The molecule has 3 aromatic rings. The summed E-state index contributed by atoms with van der Waals surface area (Å²) in [5.41, 5.74) is 6.04. The zero-order valence-electron chi connectivity index (χ0n) is 14.5. The van der Waals surface area contributed by atoms with Crippen LogP contribution in [0.4, 0.5) is 0 Å². The summed E-state index contributed by atoms with van der Waals surface area (Å²) in [6.45, 7) is 3.75. The van der Waals surface area contributed by atoms with Crippen LogP contribution in [0.15, 0.2) is 66.9 Å². The summed E-state index contributed by atoms with van der Waals surface area (Å²) in [4.78, 5) is 4.35. The van der Waals surface area contributed by atoms with E-state index in [-0.39, 0.29) is 0 Å². The Balaban J connectivity index is 1.69. The van der Waals surface area contributed by atoms with E-state index in [1.54, 1.807) is 0 Å². The molecule has 0 saturated carbocycles. The highest BCUT2D eigenvalue weighted by molar-refractivity contribution is 6.30. The number of aryl methyl sites for hydroxylation is 1. The molecule has 0 fully saturated rings. The number of benzene rings is 2. The number of hydrogen-bond acceptors (Lipinski definition) is 2. The summed E-state index contributed by atoms with van der Waals surface area (Å²) in [6, 6.07) is 21.0. The molecule has 0 atom stereocenters. The van der Waals surface area contributed by atoms with Gasteiger partial charge in [0.1, 0.15) is 5.15 Å². The number of hydrogen-bond donors (Lipinski definition) is 1. The van der Waals surface area contributed by atoms with Gasteiger partial charge in [0.15, 0.2) is 0 Å². The van der Waals surface area contributed by atoms with Gasteiger partial charge in [-0.25, -0.2) is 4.98 Å². The van der Waals surface area contributed by atoms with Crippen LogP contribution in [0, 0.1) is 0 Å². The van der Waals surface area contributed by atoms with Crippen molar-refractivity contribution in [1.29, 1.82) is 0 Å². The Hall–Kier alpha value is -2.16. The van der Waals surface area contributed by atoms with Crippen molar-refractivity contribution in [2.75, 3.05) is 0 Å². The van der Waals surface area contributed by atoms with E-state index < -0.39 is 0 Å². The van der Waals surface area contributed by atoms with Crippen molar-refractivity contribution in [2.24, 2.45) is 0 Å². The second-order valence-electron chi connectivity index (χ2n) is 6.16. The average Bonchev–Trinajstić information content (AvgIpc) is 2.65. The normalized spacial score (nSPS) is 10.8. The van der Waals surface area contributed by atoms with Crippen LogP contribution in [0.25, 0.3) is 11.1 Å². The molecule has 0 spiro atoms. The van der Waals surface area contributed by atoms with E-state index in [9.17, 15) is 0 Å². The molecule has 0 radical (unpaired) electrons. The van der Waals surface area contributed by atoms with Gasteiger partial charge in [-0.3, -0.25) is 0 Å². The molecule has 0 amide bonds. The van der Waals surface area contributed by atoms with Gasteiger partial charge >= 0.3 is 0 Å². The highest BCUT2D eigenvalue weighted by atomic mass is 35.5. The van der Waals surface area contributed by atoms with Crippen molar-refractivity contribution in [2.45, 2.75) is 32.9 Å². The van der Waals surface area contributed by atoms with Crippen LogP contribution in [-0.2, 0) is 19.5 Å². The van der Waals surface area contributed by atoms with Gasteiger partial charge in [0.25, 0.3) is 0 Å². The molecule has 0 unspecified atom stereocenters. The van der Waals surface area contributed by atoms with Crippen molar-refractivity contribution >= 4 is 11.6 Å². The van der Waals surface area contributed by atoms with Gasteiger partial charge in [-0.1, -0.05) is 79.5 Å². The highest BCUT2D eigenvalue weighted by Crippen LogP contribution is 2.23. The molecule has 1 aromatic heterocycles. The van der Waals surface area contributed by atoms with Gasteiger partial charge in [0.05, 0.1) is 0 Å². The van der Waals surface area contributed by atoms with Crippen LogP contribution >= 0.6 is 11.6 Å². The number of nitrogens with zero attached hydrogens (tertiary/aromatic N) is 1. The van der Waals surface area contributed by atoms with Gasteiger partial charge in [-0.15, -0.1) is 0 Å². The molecule has 1 heterocycles. The number of halogens is 1. The second kappa shape index (κ2) is 8.80. The Morgan fingerprint density at radius 2 is 1.52 bits per heavy atom. The predicted molar refractivity (Wildman–Crippen MR) is 106 cm³/mol. The van der Waals surface area contributed by atoms with Crippen LogP contribution < -0.4 is 5.32 Å². The first-order valence-corrected chi connectivity index (χ1v) is 9.13. The van der Waals surface area contributed by atoms with Crippen molar-refractivity contribution in [3.05, 3.63) is 88.7 Å². The van der Waals surface area contributed by atoms with Gasteiger partial charge in [-0.05, 0) is 29.2 Å². The van der Waals surface area contributed by atoms with Crippen molar-refractivity contribution in [3.8, 4) is 11.1 Å². The van der Waals surface area contributed by atoms with E-state index in [0.717, 1.165) is 36.1 Å². The minimum absolute atomic E-state index is 0.564. The summed E-state index contributed by atoms with van der Waals surface area (Å²) in [7, 11) is 0. The van der Waals surface area contributed by atoms with Crippen LogP contribution in [0.2, 0.25) is 5.15 Å². The van der Waals surface area contributed by atoms with Crippen LogP contribution in [0.1, 0.15) is 30.0 Å². The minimum atomic E-state index is 0.564. The molecule has 0 bridgehead atoms. The van der Waals surface area contributed by atoms with E-state index in [4.69, 9.17) is 11.6 Å². The molecule has 128 valence electrons. The molecule has 2 aromatic carbocycles. The van der Waals surface area contributed by atoms with E-state index >= 15 is 0 Å². The first-order valence-electron chi connectivity index (χ1n) is 8.75. The summed E-state index contributed by atoms with van der Waals surface area (Å²) in [6.07, 6.45) is 4.10. The largest absolute Gasteiger partial charge is 0.308 e. The monoisotopic (exact) mass is 350 g/mol. The third-order valence-corrected chi connectivity index (χ3v) is 4.63. The molecule has 0 saturated heterocycles. The molecule has 25 heavy (non-hydrogen) atoms. The predicted octanol–water partition coefficient (Wildman–Crippen LogP) is 5.64. The quantitative estimate of drug-likeness (QED) is 0.557. The molecular weight excluding hydrogens is 328 g/mol. The number of rotatable bonds is 7. The van der Waals surface area contributed by atoms with E-state index in [0.29, 0.717) is 11.7 Å². The Morgan fingerprint density at radius 3 is 2.28 bits per heavy atom. The topological polar surface area (TPSA) is 24.9 Å². The van der Waals surface area contributed by atoms with Crippen LogP contribution in [-0.4, -0.2) is 4.98 Å². The Kier molecular flexibility index (Phi) is 6.21. The summed E-state index contributed by atoms with van der Waals surface area (Å²) in [5, 5.41) is 4.08. The third kappa shape index (κ3) is 4.68. The smallest absolute Gasteiger partial charge is 0.133 e. The lowest BCUT2D eigenvalue weighted by atomic mass is 10.0. The Labute approximate surface area is 154 Å². The zero-order valence-corrected chi connectivity index (χ0v) is 15.3. The van der Waals surface area contributed by atoms with E-state index in [1.807, 2.05) is 24.4 Å². The van der Waals surface area contributed by atoms with Crippen molar-refractivity contribution in [3.63, 3.8) is 0 Å². The fraction of sp³-hybridized carbons (Fsp3) is 0.227.